The Morgan fingerprint density at radius 3 is 2.50 bits per heavy atom. The Kier molecular flexibility index (Phi) is 7.86. The second-order valence-electron chi connectivity index (χ2n) is 9.21. The Morgan fingerprint density at radius 1 is 1.21 bits per heavy atom. The predicted molar refractivity (Wildman–Crippen MR) is 142 cm³/mol. The van der Waals surface area contributed by atoms with Gasteiger partial charge >= 0.3 is 0 Å². The van der Waals surface area contributed by atoms with Crippen LogP contribution in [-0.2, 0) is 21.2 Å². The molecule has 0 atom stereocenters. The number of furan rings is 1. The Hall–Kier alpha value is -3.73. The number of allylic oxidation sites excluding steroid dienone is 2. The third-order valence-corrected chi connectivity index (χ3v) is 7.78. The fourth-order valence-electron chi connectivity index (χ4n) is 4.65. The van der Waals surface area contributed by atoms with Crippen LogP contribution < -0.4 is 9.62 Å². The molecule has 4 rings (SSSR count). The molecule has 2 N–H and O–H groups in total. The van der Waals surface area contributed by atoms with E-state index < -0.39 is 21.7 Å². The number of halogens is 1. The maximum Gasteiger partial charge on any atom is 0.255 e. The van der Waals surface area contributed by atoms with Gasteiger partial charge in [0.05, 0.1) is 23.0 Å². The quantitative estimate of drug-likeness (QED) is 0.356. The molecule has 38 heavy (non-hydrogen) atoms. The summed E-state index contributed by atoms with van der Waals surface area (Å²) in [6, 6.07) is 7.20. The number of aromatic nitrogens is 1. The van der Waals surface area contributed by atoms with E-state index in [4.69, 9.17) is 4.42 Å². The highest BCUT2D eigenvalue weighted by molar-refractivity contribution is 7.92. The molecule has 0 unspecified atom stereocenters. The number of Topliss-reactive ketones (excluding diaryl/α,β-unsaturated/α-hetero) is 1. The van der Waals surface area contributed by atoms with Gasteiger partial charge in [0.15, 0.2) is 5.78 Å². The maximum absolute atomic E-state index is 13.5. The molecule has 0 spiro atoms. The van der Waals surface area contributed by atoms with Gasteiger partial charge < -0.3 is 14.8 Å². The first-order valence-corrected chi connectivity index (χ1v) is 14.3. The number of fused-ring (bicyclic) bond motifs is 1. The molecular weight excluding hydrogens is 513 g/mol. The van der Waals surface area contributed by atoms with Crippen LogP contribution in [0.25, 0.3) is 22.4 Å². The highest BCUT2D eigenvalue weighted by Crippen LogP contribution is 2.36. The van der Waals surface area contributed by atoms with Gasteiger partial charge in [0.2, 0.25) is 15.7 Å². The molecule has 0 aliphatic heterocycles. The number of aliphatic hydroxyl groups is 1. The molecule has 2 aromatic heterocycles. The second-order valence-corrected chi connectivity index (χ2v) is 11.1. The van der Waals surface area contributed by atoms with Crippen molar-refractivity contribution in [3.63, 3.8) is 0 Å². The van der Waals surface area contributed by atoms with Crippen molar-refractivity contribution in [3.8, 4) is 11.3 Å². The lowest BCUT2D eigenvalue weighted by molar-refractivity contribution is -0.115. The Balaban J connectivity index is 1.72. The number of sulfonamides is 1. The summed E-state index contributed by atoms with van der Waals surface area (Å²) < 4.78 is 46.4. The van der Waals surface area contributed by atoms with Crippen molar-refractivity contribution in [3.05, 3.63) is 58.6 Å². The monoisotopic (exact) mass is 543 g/mol. The zero-order valence-corrected chi connectivity index (χ0v) is 22.3. The van der Waals surface area contributed by atoms with E-state index in [1.54, 1.807) is 6.07 Å². The lowest BCUT2D eigenvalue weighted by atomic mass is 10.0. The topological polar surface area (TPSA) is 130 Å². The van der Waals surface area contributed by atoms with Crippen molar-refractivity contribution in [2.24, 2.45) is 0 Å². The minimum Gasteiger partial charge on any atom is -0.512 e. The maximum atomic E-state index is 13.5. The Morgan fingerprint density at radius 2 is 1.92 bits per heavy atom. The second kappa shape index (κ2) is 10.9. The minimum absolute atomic E-state index is 0.0652. The number of amides is 1. The van der Waals surface area contributed by atoms with Crippen LogP contribution in [-0.4, -0.2) is 50.0 Å². The number of nitrogens with zero attached hydrogens (tertiary/aromatic N) is 2. The number of pyridine rings is 1. The number of ketones is 1. The SMILES string of the molecule is CCc1cc2c(C(=O)NC)c(-c3ccc(F)cc3)oc2nc1N(CCCCC1=C(O)CCC1=O)S(C)(=O)=O. The number of rotatable bonds is 10. The number of aryl methyl sites for hydroxylation is 1. The van der Waals surface area contributed by atoms with Crippen LogP contribution in [0.2, 0.25) is 0 Å². The van der Waals surface area contributed by atoms with Crippen LogP contribution in [0.1, 0.15) is 54.9 Å². The van der Waals surface area contributed by atoms with Crippen LogP contribution in [0.5, 0.6) is 0 Å². The number of carbonyl (C=O) groups is 2. The number of carbonyl (C=O) groups excluding carboxylic acids is 2. The van der Waals surface area contributed by atoms with Gasteiger partial charge in [-0.3, -0.25) is 13.9 Å². The molecule has 0 bridgehead atoms. The van der Waals surface area contributed by atoms with Gasteiger partial charge in [-0.2, -0.15) is 4.98 Å². The summed E-state index contributed by atoms with van der Waals surface area (Å²) in [5, 5.41) is 12.9. The molecule has 0 radical (unpaired) electrons. The van der Waals surface area contributed by atoms with E-state index in [1.807, 2.05) is 6.92 Å². The standard InChI is InChI=1S/C27H30FN3O6S/c1-4-16-15-20-23(26(34)29-2)24(17-8-10-18(28)11-9-17)37-27(20)30-25(16)31(38(3,35)36)14-6-5-7-19-21(32)12-13-22(19)33/h8-11,15,32H,4-7,12-14H2,1-3H3,(H,29,34). The average molecular weight is 544 g/mol. The summed E-state index contributed by atoms with van der Waals surface area (Å²) >= 11 is 0. The van der Waals surface area contributed by atoms with E-state index in [2.05, 4.69) is 10.3 Å². The number of unbranched alkanes of at least 4 members (excludes halogenated alkanes) is 1. The van der Waals surface area contributed by atoms with Crippen molar-refractivity contribution in [2.75, 3.05) is 24.2 Å². The van der Waals surface area contributed by atoms with Gasteiger partial charge in [-0.15, -0.1) is 0 Å². The van der Waals surface area contributed by atoms with Crippen LogP contribution in [0, 0.1) is 5.82 Å². The van der Waals surface area contributed by atoms with E-state index in [0.717, 1.165) is 6.26 Å². The highest BCUT2D eigenvalue weighted by atomic mass is 32.2. The number of hydrogen-bond acceptors (Lipinski definition) is 7. The summed E-state index contributed by atoms with van der Waals surface area (Å²) in [5.74, 6) is -0.399. The first kappa shape index (κ1) is 27.3. The largest absolute Gasteiger partial charge is 0.512 e. The van der Waals surface area contributed by atoms with E-state index >= 15 is 0 Å². The van der Waals surface area contributed by atoms with E-state index in [1.165, 1.54) is 35.6 Å². The molecule has 202 valence electrons. The molecule has 1 aromatic carbocycles. The fourth-order valence-corrected chi connectivity index (χ4v) is 5.58. The van der Waals surface area contributed by atoms with Crippen molar-refractivity contribution in [1.29, 1.82) is 0 Å². The fraction of sp³-hybridized carbons (Fsp3) is 0.370. The smallest absolute Gasteiger partial charge is 0.255 e. The number of benzene rings is 1. The summed E-state index contributed by atoms with van der Waals surface area (Å²) in [7, 11) is -2.26. The Labute approximate surface area is 220 Å². The van der Waals surface area contributed by atoms with Gasteiger partial charge in [0.25, 0.3) is 5.91 Å². The lowest BCUT2D eigenvalue weighted by Crippen LogP contribution is -2.32. The van der Waals surface area contributed by atoms with E-state index in [-0.39, 0.29) is 40.9 Å². The molecule has 11 heteroatoms. The Bertz CT molecular complexity index is 1530. The van der Waals surface area contributed by atoms with Gasteiger partial charge in [-0.1, -0.05) is 6.92 Å². The normalized spacial score (nSPS) is 13.9. The molecule has 1 amide bonds. The van der Waals surface area contributed by atoms with Gasteiger partial charge in [0, 0.05) is 37.6 Å². The molecule has 1 aliphatic rings. The van der Waals surface area contributed by atoms with Crippen molar-refractivity contribution in [2.45, 2.75) is 45.4 Å². The summed E-state index contributed by atoms with van der Waals surface area (Å²) in [6.45, 7) is 1.97. The van der Waals surface area contributed by atoms with Gasteiger partial charge in [0.1, 0.15) is 17.4 Å². The van der Waals surface area contributed by atoms with Gasteiger partial charge in [-0.05, 0) is 61.6 Å². The summed E-state index contributed by atoms with van der Waals surface area (Å²) in [4.78, 5) is 29.3. The van der Waals surface area contributed by atoms with Gasteiger partial charge in [-0.25, -0.2) is 12.8 Å². The summed E-state index contributed by atoms with van der Waals surface area (Å²) in [5.41, 5.74) is 1.81. The third kappa shape index (κ3) is 5.42. The molecular formula is C27H30FN3O6S. The van der Waals surface area contributed by atoms with Crippen LogP contribution in [0.4, 0.5) is 10.2 Å². The van der Waals surface area contributed by atoms with Crippen LogP contribution in [0.3, 0.4) is 0 Å². The molecule has 9 nitrogen and oxygen atoms in total. The van der Waals surface area contributed by atoms with Crippen LogP contribution in [0.15, 0.2) is 46.1 Å². The molecule has 1 aliphatic carbocycles. The zero-order chi connectivity index (χ0) is 27.6. The number of hydrogen-bond donors (Lipinski definition) is 2. The average Bonchev–Trinajstić information content (AvgIpc) is 3.41. The number of nitrogens with one attached hydrogen (secondary N) is 1. The first-order valence-electron chi connectivity index (χ1n) is 12.4. The number of anilines is 1. The van der Waals surface area contributed by atoms with Crippen molar-refractivity contribution >= 4 is 38.6 Å². The molecule has 2 heterocycles. The molecule has 3 aromatic rings. The van der Waals surface area contributed by atoms with E-state index in [0.29, 0.717) is 60.6 Å². The molecule has 0 saturated heterocycles. The summed E-state index contributed by atoms with van der Waals surface area (Å²) in [6.07, 6.45) is 3.51. The van der Waals surface area contributed by atoms with Crippen molar-refractivity contribution < 1.29 is 31.9 Å². The van der Waals surface area contributed by atoms with E-state index in [9.17, 15) is 27.5 Å². The van der Waals surface area contributed by atoms with Crippen LogP contribution >= 0.6 is 0 Å². The predicted octanol–water partition coefficient (Wildman–Crippen LogP) is 4.67. The first-order chi connectivity index (χ1) is 18.0. The minimum atomic E-state index is -3.74. The highest BCUT2D eigenvalue weighted by Gasteiger charge is 2.28. The molecule has 0 saturated carbocycles. The molecule has 0 fully saturated rings. The lowest BCUT2D eigenvalue weighted by Gasteiger charge is -2.23. The van der Waals surface area contributed by atoms with Crippen molar-refractivity contribution in [1.82, 2.24) is 10.3 Å². The number of aliphatic hydroxyl groups excluding tert-OH is 1. The third-order valence-electron chi connectivity index (χ3n) is 6.63. The zero-order valence-electron chi connectivity index (χ0n) is 21.5.